The van der Waals surface area contributed by atoms with Crippen LogP contribution in [0.3, 0.4) is 0 Å². The molecule has 4 heteroatoms. The first-order valence-electron chi connectivity index (χ1n) is 3.53. The molecule has 0 bridgehead atoms. The van der Waals surface area contributed by atoms with Gasteiger partial charge in [-0.05, 0) is 6.92 Å². The van der Waals surface area contributed by atoms with Gasteiger partial charge < -0.3 is 9.64 Å². The van der Waals surface area contributed by atoms with Crippen molar-refractivity contribution in [1.29, 1.82) is 0 Å². The van der Waals surface area contributed by atoms with Crippen molar-refractivity contribution in [3.8, 4) is 0 Å². The van der Waals surface area contributed by atoms with E-state index >= 15 is 0 Å². The quantitative estimate of drug-likeness (QED) is 0.420. The summed E-state index contributed by atoms with van der Waals surface area (Å²) in [6, 6.07) is 0. The number of carbonyl (C=O) groups excluding carboxylic acids is 2. The highest BCUT2D eigenvalue weighted by molar-refractivity contribution is 5.65. The normalized spacial score (nSPS) is 8.91. The standard InChI is InChI=1S/C7H13NO3/c1-3-8(6-9)4-5-11-7(2)10/h6H,3-5H2,1-2H3. The molecule has 0 spiro atoms. The van der Waals surface area contributed by atoms with Gasteiger partial charge in [0.1, 0.15) is 6.61 Å². The number of nitrogens with zero attached hydrogens (tertiary/aromatic N) is 1. The number of amides is 1. The highest BCUT2D eigenvalue weighted by Gasteiger charge is 1.98. The molecule has 0 rings (SSSR count). The Bertz CT molecular complexity index is 136. The Balaban J connectivity index is 3.35. The maximum Gasteiger partial charge on any atom is 0.302 e. The third kappa shape index (κ3) is 5.39. The first kappa shape index (κ1) is 9.94. The lowest BCUT2D eigenvalue weighted by atomic mass is 10.5. The van der Waals surface area contributed by atoms with E-state index in [1.165, 1.54) is 11.8 Å². The summed E-state index contributed by atoms with van der Waals surface area (Å²) >= 11 is 0. The average molecular weight is 159 g/mol. The van der Waals surface area contributed by atoms with Gasteiger partial charge in [0.25, 0.3) is 0 Å². The molecule has 11 heavy (non-hydrogen) atoms. The first-order valence-corrected chi connectivity index (χ1v) is 3.53. The van der Waals surface area contributed by atoms with Crippen molar-refractivity contribution in [2.75, 3.05) is 19.7 Å². The van der Waals surface area contributed by atoms with Crippen LogP contribution in [0.5, 0.6) is 0 Å². The van der Waals surface area contributed by atoms with Gasteiger partial charge in [0.15, 0.2) is 0 Å². The minimum Gasteiger partial charge on any atom is -0.464 e. The molecule has 0 unspecified atom stereocenters. The van der Waals surface area contributed by atoms with Crippen LogP contribution in [0.15, 0.2) is 0 Å². The Morgan fingerprint density at radius 2 is 2.27 bits per heavy atom. The Labute approximate surface area is 66.1 Å². The smallest absolute Gasteiger partial charge is 0.302 e. The summed E-state index contributed by atoms with van der Waals surface area (Å²) in [4.78, 5) is 22.0. The summed E-state index contributed by atoms with van der Waals surface area (Å²) in [5.41, 5.74) is 0. The van der Waals surface area contributed by atoms with E-state index < -0.39 is 0 Å². The van der Waals surface area contributed by atoms with E-state index in [1.807, 2.05) is 6.92 Å². The van der Waals surface area contributed by atoms with Gasteiger partial charge in [0.05, 0.1) is 6.54 Å². The van der Waals surface area contributed by atoms with Crippen LogP contribution in [-0.2, 0) is 14.3 Å². The third-order valence-electron chi connectivity index (χ3n) is 1.24. The molecule has 0 aliphatic carbocycles. The molecule has 0 aromatic carbocycles. The van der Waals surface area contributed by atoms with Crippen LogP contribution < -0.4 is 0 Å². The summed E-state index contributed by atoms with van der Waals surface area (Å²) < 4.78 is 4.64. The van der Waals surface area contributed by atoms with Crippen molar-refractivity contribution in [3.05, 3.63) is 0 Å². The molecule has 0 saturated carbocycles. The summed E-state index contributed by atoms with van der Waals surface area (Å²) in [6.45, 7) is 4.60. The number of hydrogen-bond acceptors (Lipinski definition) is 3. The van der Waals surface area contributed by atoms with Crippen LogP contribution in [-0.4, -0.2) is 37.0 Å². The SMILES string of the molecule is CCN(C=O)CCOC(C)=O. The van der Waals surface area contributed by atoms with E-state index in [-0.39, 0.29) is 12.6 Å². The number of ether oxygens (including phenoxy) is 1. The molecule has 0 fully saturated rings. The molecule has 0 radical (unpaired) electrons. The number of hydrogen-bond donors (Lipinski definition) is 0. The van der Waals surface area contributed by atoms with Crippen LogP contribution >= 0.6 is 0 Å². The molecule has 0 saturated heterocycles. The highest BCUT2D eigenvalue weighted by Crippen LogP contribution is 1.83. The Morgan fingerprint density at radius 1 is 1.64 bits per heavy atom. The number of carbonyl (C=O) groups is 2. The molecular weight excluding hydrogens is 146 g/mol. The molecular formula is C7H13NO3. The second-order valence-corrected chi connectivity index (χ2v) is 2.07. The van der Waals surface area contributed by atoms with Crippen LogP contribution in [0.4, 0.5) is 0 Å². The van der Waals surface area contributed by atoms with E-state index in [0.717, 1.165) is 6.41 Å². The maximum atomic E-state index is 10.3. The van der Waals surface area contributed by atoms with Crippen LogP contribution in [0, 0.1) is 0 Å². The van der Waals surface area contributed by atoms with E-state index in [1.54, 1.807) is 0 Å². The van der Waals surface area contributed by atoms with Crippen molar-refractivity contribution in [3.63, 3.8) is 0 Å². The zero-order valence-corrected chi connectivity index (χ0v) is 6.87. The highest BCUT2D eigenvalue weighted by atomic mass is 16.5. The summed E-state index contributed by atoms with van der Waals surface area (Å²) in [5, 5.41) is 0. The molecule has 0 N–H and O–H groups in total. The monoisotopic (exact) mass is 159 g/mol. The zero-order valence-electron chi connectivity index (χ0n) is 6.87. The predicted molar refractivity (Wildman–Crippen MR) is 39.9 cm³/mol. The molecule has 0 aromatic heterocycles. The van der Waals surface area contributed by atoms with Gasteiger partial charge in [-0.25, -0.2) is 0 Å². The van der Waals surface area contributed by atoms with Crippen LogP contribution in [0.2, 0.25) is 0 Å². The Kier molecular flexibility index (Phi) is 5.15. The molecule has 0 heterocycles. The van der Waals surface area contributed by atoms with Crippen molar-refractivity contribution >= 4 is 12.4 Å². The molecule has 0 aliphatic heterocycles. The first-order chi connectivity index (χ1) is 5.20. The second-order valence-electron chi connectivity index (χ2n) is 2.07. The lowest BCUT2D eigenvalue weighted by Gasteiger charge is -2.13. The van der Waals surface area contributed by atoms with E-state index in [0.29, 0.717) is 13.1 Å². The molecule has 64 valence electrons. The second kappa shape index (κ2) is 5.70. The molecule has 4 nitrogen and oxygen atoms in total. The molecule has 0 aromatic rings. The predicted octanol–water partition coefficient (Wildman–Crippen LogP) is 0.0278. The Morgan fingerprint density at radius 3 is 2.64 bits per heavy atom. The minimum atomic E-state index is -0.313. The van der Waals surface area contributed by atoms with E-state index in [2.05, 4.69) is 4.74 Å². The lowest BCUT2D eigenvalue weighted by Crippen LogP contribution is -2.26. The zero-order chi connectivity index (χ0) is 8.69. The van der Waals surface area contributed by atoms with E-state index in [4.69, 9.17) is 0 Å². The van der Waals surface area contributed by atoms with Crippen LogP contribution in [0.25, 0.3) is 0 Å². The average Bonchev–Trinajstić information content (AvgIpc) is 1.98. The minimum absolute atomic E-state index is 0.280. The van der Waals surface area contributed by atoms with Crippen LogP contribution in [0.1, 0.15) is 13.8 Å². The largest absolute Gasteiger partial charge is 0.464 e. The number of likely N-dealkylation sites (N-methyl/N-ethyl adjacent to an activating group) is 1. The number of esters is 1. The van der Waals surface area contributed by atoms with Gasteiger partial charge in [0.2, 0.25) is 6.41 Å². The van der Waals surface area contributed by atoms with Gasteiger partial charge in [-0.3, -0.25) is 9.59 Å². The van der Waals surface area contributed by atoms with Gasteiger partial charge >= 0.3 is 5.97 Å². The fourth-order valence-electron chi connectivity index (χ4n) is 0.592. The number of rotatable bonds is 5. The topological polar surface area (TPSA) is 46.6 Å². The molecule has 0 atom stereocenters. The Hall–Kier alpha value is -1.06. The van der Waals surface area contributed by atoms with Crippen molar-refractivity contribution in [2.24, 2.45) is 0 Å². The molecule has 1 amide bonds. The van der Waals surface area contributed by atoms with Crippen molar-refractivity contribution in [1.82, 2.24) is 4.90 Å². The fourth-order valence-corrected chi connectivity index (χ4v) is 0.592. The van der Waals surface area contributed by atoms with E-state index in [9.17, 15) is 9.59 Å². The fraction of sp³-hybridized carbons (Fsp3) is 0.714. The third-order valence-corrected chi connectivity index (χ3v) is 1.24. The summed E-state index contributed by atoms with van der Waals surface area (Å²) in [6.07, 6.45) is 0.740. The summed E-state index contributed by atoms with van der Waals surface area (Å²) in [5.74, 6) is -0.313. The van der Waals surface area contributed by atoms with Gasteiger partial charge in [0, 0.05) is 13.5 Å². The van der Waals surface area contributed by atoms with Gasteiger partial charge in [-0.2, -0.15) is 0 Å². The van der Waals surface area contributed by atoms with Crippen molar-refractivity contribution in [2.45, 2.75) is 13.8 Å². The van der Waals surface area contributed by atoms with Crippen molar-refractivity contribution < 1.29 is 14.3 Å². The molecule has 0 aliphatic rings. The lowest BCUT2D eigenvalue weighted by molar-refractivity contribution is -0.142. The van der Waals surface area contributed by atoms with Gasteiger partial charge in [-0.1, -0.05) is 0 Å². The van der Waals surface area contributed by atoms with Gasteiger partial charge in [-0.15, -0.1) is 0 Å². The maximum absolute atomic E-state index is 10.3. The summed E-state index contributed by atoms with van der Waals surface area (Å²) in [7, 11) is 0.